The van der Waals surface area contributed by atoms with Crippen LogP contribution in [-0.4, -0.2) is 27.4 Å². The molecule has 5 nitrogen and oxygen atoms in total. The number of carbonyl (C=O) groups is 1. The minimum Gasteiger partial charge on any atom is -0.309 e. The number of hydrogen-bond donors (Lipinski definition) is 0. The average molecular weight is 358 g/mol. The largest absolute Gasteiger partial charge is 0.309 e. The van der Waals surface area contributed by atoms with Gasteiger partial charge in [-0.1, -0.05) is 17.7 Å². The van der Waals surface area contributed by atoms with E-state index >= 15 is 0 Å². The smallest absolute Gasteiger partial charge is 0.264 e. The summed E-state index contributed by atoms with van der Waals surface area (Å²) in [5.74, 6) is -0.0290. The molecule has 1 amide bonds. The highest BCUT2D eigenvalue weighted by atomic mass is 32.2. The fourth-order valence-corrected chi connectivity index (χ4v) is 4.55. The fourth-order valence-electron chi connectivity index (χ4n) is 3.30. The van der Waals surface area contributed by atoms with E-state index in [0.717, 1.165) is 16.8 Å². The molecule has 0 fully saturated rings. The van der Waals surface area contributed by atoms with Crippen LogP contribution in [0.3, 0.4) is 0 Å². The van der Waals surface area contributed by atoms with Crippen molar-refractivity contribution in [2.75, 3.05) is 16.3 Å². The van der Waals surface area contributed by atoms with Crippen LogP contribution in [0.4, 0.5) is 11.4 Å². The molecule has 0 bridgehead atoms. The van der Waals surface area contributed by atoms with Crippen molar-refractivity contribution in [1.29, 1.82) is 0 Å². The first-order chi connectivity index (χ1) is 11.7. The number of aryl methyl sites for hydroxylation is 1. The van der Waals surface area contributed by atoms with Crippen LogP contribution in [0.1, 0.15) is 25.0 Å². The molecule has 0 radical (unpaired) electrons. The van der Waals surface area contributed by atoms with E-state index in [1.54, 1.807) is 42.3 Å². The molecule has 1 unspecified atom stereocenters. The predicted molar refractivity (Wildman–Crippen MR) is 99.5 cm³/mol. The highest BCUT2D eigenvalue weighted by Gasteiger charge is 2.31. The van der Waals surface area contributed by atoms with Crippen molar-refractivity contribution in [1.82, 2.24) is 0 Å². The van der Waals surface area contributed by atoms with E-state index in [2.05, 4.69) is 0 Å². The van der Waals surface area contributed by atoms with Gasteiger partial charge in [-0.2, -0.15) is 0 Å². The molecule has 0 spiro atoms. The number of sulfonamides is 1. The van der Waals surface area contributed by atoms with Crippen LogP contribution in [0.5, 0.6) is 0 Å². The van der Waals surface area contributed by atoms with E-state index in [4.69, 9.17) is 0 Å². The predicted octanol–water partition coefficient (Wildman–Crippen LogP) is 3.12. The van der Waals surface area contributed by atoms with E-state index in [1.807, 2.05) is 26.0 Å². The normalized spacial score (nSPS) is 16.6. The van der Waals surface area contributed by atoms with Gasteiger partial charge in [0, 0.05) is 25.7 Å². The summed E-state index contributed by atoms with van der Waals surface area (Å²) in [6, 6.07) is 12.4. The number of fused-ring (bicyclic) bond motifs is 1. The molecule has 0 N–H and O–H groups in total. The molecule has 2 aromatic carbocycles. The first-order valence-corrected chi connectivity index (χ1v) is 9.64. The molecule has 0 saturated heterocycles. The van der Waals surface area contributed by atoms with E-state index in [0.29, 0.717) is 12.1 Å². The quantitative estimate of drug-likeness (QED) is 0.847. The van der Waals surface area contributed by atoms with Gasteiger partial charge < -0.3 is 4.90 Å². The lowest BCUT2D eigenvalue weighted by molar-refractivity contribution is -0.116. The maximum atomic E-state index is 13.0. The Morgan fingerprint density at radius 3 is 2.40 bits per heavy atom. The van der Waals surface area contributed by atoms with Crippen molar-refractivity contribution < 1.29 is 13.2 Å². The Morgan fingerprint density at radius 1 is 1.16 bits per heavy atom. The minimum atomic E-state index is -3.65. The van der Waals surface area contributed by atoms with Crippen molar-refractivity contribution in [2.24, 2.45) is 0 Å². The van der Waals surface area contributed by atoms with Crippen molar-refractivity contribution in [2.45, 2.75) is 38.1 Å². The Balaban J connectivity index is 1.98. The lowest BCUT2D eigenvalue weighted by Crippen LogP contribution is -2.33. The maximum absolute atomic E-state index is 13.0. The summed E-state index contributed by atoms with van der Waals surface area (Å²) in [7, 11) is -2.10. The number of hydrogen-bond acceptors (Lipinski definition) is 3. The monoisotopic (exact) mass is 358 g/mol. The highest BCUT2D eigenvalue weighted by molar-refractivity contribution is 7.92. The van der Waals surface area contributed by atoms with Crippen LogP contribution in [0, 0.1) is 6.92 Å². The maximum Gasteiger partial charge on any atom is 0.264 e. The van der Waals surface area contributed by atoms with Crippen LogP contribution in [-0.2, 0) is 21.2 Å². The summed E-state index contributed by atoms with van der Waals surface area (Å²) < 4.78 is 27.2. The van der Waals surface area contributed by atoms with E-state index in [-0.39, 0.29) is 16.8 Å². The fraction of sp³-hybridized carbons (Fsp3) is 0.316. The third-order valence-electron chi connectivity index (χ3n) is 4.66. The molecule has 0 aromatic heterocycles. The van der Waals surface area contributed by atoms with Gasteiger partial charge in [0.05, 0.1) is 10.6 Å². The molecular formula is C19H22N2O3S. The Kier molecular flexibility index (Phi) is 4.33. The number of carbonyl (C=O) groups excluding carboxylic acids is 1. The van der Waals surface area contributed by atoms with Crippen LogP contribution in [0.25, 0.3) is 0 Å². The van der Waals surface area contributed by atoms with Gasteiger partial charge in [0.2, 0.25) is 5.91 Å². The number of nitrogens with zero attached hydrogens (tertiary/aromatic N) is 2. The summed E-state index contributed by atoms with van der Waals surface area (Å²) in [5.41, 5.74) is 3.38. The number of anilines is 2. The molecule has 2 aromatic rings. The van der Waals surface area contributed by atoms with Gasteiger partial charge in [0.25, 0.3) is 10.0 Å². The number of benzene rings is 2. The molecule has 3 rings (SSSR count). The molecule has 25 heavy (non-hydrogen) atoms. The Bertz CT molecular complexity index is 920. The lowest BCUT2D eigenvalue weighted by Gasteiger charge is -2.22. The van der Waals surface area contributed by atoms with E-state index in [9.17, 15) is 13.2 Å². The molecule has 1 heterocycles. The summed E-state index contributed by atoms with van der Waals surface area (Å²) in [6.45, 7) is 5.45. The van der Waals surface area contributed by atoms with Gasteiger partial charge in [0.15, 0.2) is 0 Å². The van der Waals surface area contributed by atoms with Crippen molar-refractivity contribution in [3.05, 3.63) is 53.6 Å². The summed E-state index contributed by atoms with van der Waals surface area (Å²) in [5, 5.41) is 0. The zero-order chi connectivity index (χ0) is 18.4. The molecule has 0 saturated carbocycles. The zero-order valence-electron chi connectivity index (χ0n) is 14.9. The number of amides is 1. The Hall–Kier alpha value is -2.34. The molecule has 0 aliphatic carbocycles. The van der Waals surface area contributed by atoms with Gasteiger partial charge in [-0.3, -0.25) is 9.10 Å². The number of rotatable bonds is 3. The molecule has 132 valence electrons. The van der Waals surface area contributed by atoms with Crippen LogP contribution in [0.2, 0.25) is 0 Å². The van der Waals surface area contributed by atoms with E-state index in [1.165, 1.54) is 11.2 Å². The summed E-state index contributed by atoms with van der Waals surface area (Å²) in [6.07, 6.45) is 0.659. The third-order valence-corrected chi connectivity index (χ3v) is 6.44. The van der Waals surface area contributed by atoms with Gasteiger partial charge in [-0.05, 0) is 56.2 Å². The Morgan fingerprint density at radius 2 is 1.80 bits per heavy atom. The average Bonchev–Trinajstić information content (AvgIpc) is 2.89. The lowest BCUT2D eigenvalue weighted by atomic mass is 10.1. The molecule has 6 heteroatoms. The molecule has 1 aliphatic rings. The van der Waals surface area contributed by atoms with Gasteiger partial charge in [-0.25, -0.2) is 8.42 Å². The van der Waals surface area contributed by atoms with Crippen LogP contribution < -0.4 is 9.21 Å². The summed E-state index contributed by atoms with van der Waals surface area (Å²) >= 11 is 0. The van der Waals surface area contributed by atoms with E-state index < -0.39 is 10.0 Å². The molecule has 1 aliphatic heterocycles. The second-order valence-corrected chi connectivity index (χ2v) is 8.51. The second-order valence-electron chi connectivity index (χ2n) is 6.54. The third kappa shape index (κ3) is 3.02. The van der Waals surface area contributed by atoms with Gasteiger partial charge in [-0.15, -0.1) is 0 Å². The van der Waals surface area contributed by atoms with Crippen molar-refractivity contribution >= 4 is 27.3 Å². The topological polar surface area (TPSA) is 57.7 Å². The second kappa shape index (κ2) is 6.19. The first kappa shape index (κ1) is 17.5. The zero-order valence-corrected chi connectivity index (χ0v) is 15.7. The van der Waals surface area contributed by atoms with Crippen molar-refractivity contribution in [3.8, 4) is 0 Å². The minimum absolute atomic E-state index is 0.0290. The SMILES string of the molecule is CC(=O)N1c2ccc(S(=O)(=O)N(C)c3ccc(C)cc3)cc2CC1C. The first-order valence-electron chi connectivity index (χ1n) is 8.20. The molecule has 1 atom stereocenters. The molecular weight excluding hydrogens is 336 g/mol. The van der Waals surface area contributed by atoms with Gasteiger partial charge >= 0.3 is 0 Å². The summed E-state index contributed by atoms with van der Waals surface area (Å²) in [4.78, 5) is 13.8. The van der Waals surface area contributed by atoms with Crippen LogP contribution in [0.15, 0.2) is 47.4 Å². The van der Waals surface area contributed by atoms with Crippen LogP contribution >= 0.6 is 0 Å². The van der Waals surface area contributed by atoms with Gasteiger partial charge in [0.1, 0.15) is 0 Å². The Labute approximate surface area is 148 Å². The highest BCUT2D eigenvalue weighted by Crippen LogP contribution is 2.34. The van der Waals surface area contributed by atoms with Crippen molar-refractivity contribution in [3.63, 3.8) is 0 Å². The standard InChI is InChI=1S/C19H22N2O3S/c1-13-5-7-17(8-6-13)20(4)25(23,24)18-9-10-19-16(12-18)11-14(2)21(19)15(3)22/h5-10,12,14H,11H2,1-4H3.